The summed E-state index contributed by atoms with van der Waals surface area (Å²) in [6.07, 6.45) is 1.81. The summed E-state index contributed by atoms with van der Waals surface area (Å²) in [5.74, 6) is 0.681. The van der Waals surface area contributed by atoms with Crippen LogP contribution in [0.4, 0.5) is 0 Å². The van der Waals surface area contributed by atoms with E-state index in [4.69, 9.17) is 0 Å². The van der Waals surface area contributed by atoms with Crippen molar-refractivity contribution in [2.75, 3.05) is 0 Å². The third-order valence-corrected chi connectivity index (χ3v) is 5.65. The molecule has 0 bridgehead atoms. The van der Waals surface area contributed by atoms with Gasteiger partial charge in [0.25, 0.3) is 0 Å². The number of hydrogen-bond acceptors (Lipinski definition) is 2. The lowest BCUT2D eigenvalue weighted by molar-refractivity contribution is 0.0973. The molecule has 0 aromatic carbocycles. The van der Waals surface area contributed by atoms with Crippen molar-refractivity contribution in [3.8, 4) is 0 Å². The van der Waals surface area contributed by atoms with Crippen LogP contribution in [0.3, 0.4) is 0 Å². The number of rotatable bonds is 1. The molecular formula is C11H12Br2OS. The third-order valence-electron chi connectivity index (χ3n) is 2.64. The summed E-state index contributed by atoms with van der Waals surface area (Å²) in [7, 11) is 0. The Hall–Kier alpha value is 0.330. The van der Waals surface area contributed by atoms with Gasteiger partial charge in [0.1, 0.15) is 3.23 Å². The Labute approximate surface area is 111 Å². The minimum absolute atomic E-state index is 0.173. The number of carbonyl (C=O) groups is 1. The Kier molecular flexibility index (Phi) is 3.12. The molecule has 15 heavy (non-hydrogen) atoms. The number of Topliss-reactive ketones (excluding diaryl/α,β-unsaturated/α-hetero) is 1. The van der Waals surface area contributed by atoms with Gasteiger partial charge in [0, 0.05) is 15.3 Å². The molecule has 0 aliphatic heterocycles. The zero-order valence-corrected chi connectivity index (χ0v) is 12.6. The Balaban J connectivity index is 2.44. The fourth-order valence-electron chi connectivity index (χ4n) is 1.69. The Bertz CT molecular complexity index is 407. The van der Waals surface area contributed by atoms with Crippen molar-refractivity contribution in [1.82, 2.24) is 0 Å². The maximum absolute atomic E-state index is 12.1. The normalized spacial score (nSPS) is 19.4. The van der Waals surface area contributed by atoms with Gasteiger partial charge in [-0.1, -0.05) is 45.7 Å². The van der Waals surface area contributed by atoms with Gasteiger partial charge in [0.2, 0.25) is 0 Å². The lowest BCUT2D eigenvalue weighted by Gasteiger charge is -2.23. The molecular weight excluding hydrogens is 340 g/mol. The first-order chi connectivity index (χ1) is 6.92. The number of halogens is 2. The van der Waals surface area contributed by atoms with Crippen molar-refractivity contribution in [2.45, 2.75) is 35.8 Å². The number of carbonyl (C=O) groups excluding carboxylic acids is 1. The van der Waals surface area contributed by atoms with E-state index in [9.17, 15) is 4.79 Å². The molecule has 0 saturated carbocycles. The van der Waals surface area contributed by atoms with E-state index >= 15 is 0 Å². The van der Waals surface area contributed by atoms with Gasteiger partial charge in [-0.15, -0.1) is 11.3 Å². The largest absolute Gasteiger partial charge is 0.292 e. The van der Waals surface area contributed by atoms with E-state index in [1.165, 1.54) is 9.75 Å². The first-order valence-corrected chi connectivity index (χ1v) is 7.37. The average molecular weight is 352 g/mol. The van der Waals surface area contributed by atoms with Gasteiger partial charge in [0.15, 0.2) is 5.78 Å². The molecule has 1 aliphatic carbocycles. The summed E-state index contributed by atoms with van der Waals surface area (Å²) in [5, 5.41) is 0. The van der Waals surface area contributed by atoms with Gasteiger partial charge in [-0.05, 0) is 24.8 Å². The third kappa shape index (κ3) is 2.08. The highest BCUT2D eigenvalue weighted by molar-refractivity contribution is 9.26. The van der Waals surface area contributed by atoms with Crippen LogP contribution in [0.5, 0.6) is 0 Å². The fourth-order valence-corrected chi connectivity index (χ4v) is 3.68. The SMILES string of the molecule is CC(C)c1cc2c(s1)CCC(Br)(Br)C2=O. The summed E-state index contributed by atoms with van der Waals surface area (Å²) in [6.45, 7) is 4.33. The number of thiophene rings is 1. The van der Waals surface area contributed by atoms with Crippen LogP contribution < -0.4 is 0 Å². The summed E-state index contributed by atoms with van der Waals surface area (Å²) in [4.78, 5) is 14.6. The van der Waals surface area contributed by atoms with Crippen molar-refractivity contribution in [3.05, 3.63) is 21.4 Å². The van der Waals surface area contributed by atoms with Crippen molar-refractivity contribution >= 4 is 49.0 Å². The minimum Gasteiger partial charge on any atom is -0.292 e. The molecule has 0 saturated heterocycles. The van der Waals surface area contributed by atoms with E-state index in [1.54, 1.807) is 11.3 Å². The summed E-state index contributed by atoms with van der Waals surface area (Å²) < 4.78 is -0.525. The maximum Gasteiger partial charge on any atom is 0.191 e. The quantitative estimate of drug-likeness (QED) is 0.681. The first-order valence-electron chi connectivity index (χ1n) is 4.97. The number of alkyl halides is 2. The van der Waals surface area contributed by atoms with Crippen molar-refractivity contribution in [3.63, 3.8) is 0 Å². The van der Waals surface area contributed by atoms with E-state index in [1.807, 2.05) is 0 Å². The Morgan fingerprint density at radius 2 is 2.13 bits per heavy atom. The van der Waals surface area contributed by atoms with Crippen LogP contribution in [0, 0.1) is 0 Å². The topological polar surface area (TPSA) is 17.1 Å². The van der Waals surface area contributed by atoms with E-state index < -0.39 is 3.23 Å². The van der Waals surface area contributed by atoms with Gasteiger partial charge in [-0.2, -0.15) is 0 Å². The van der Waals surface area contributed by atoms with Crippen molar-refractivity contribution < 1.29 is 4.79 Å². The summed E-state index contributed by atoms with van der Waals surface area (Å²) in [5.41, 5.74) is 0.906. The van der Waals surface area contributed by atoms with Crippen molar-refractivity contribution in [2.24, 2.45) is 0 Å². The van der Waals surface area contributed by atoms with E-state index in [0.29, 0.717) is 5.92 Å². The predicted molar refractivity (Wildman–Crippen MR) is 71.6 cm³/mol. The fraction of sp³-hybridized carbons (Fsp3) is 0.545. The van der Waals surface area contributed by atoms with Gasteiger partial charge in [-0.3, -0.25) is 4.79 Å². The standard InChI is InChI=1S/C11H12Br2OS/c1-6(2)9-5-7-8(15-9)3-4-11(12,13)10(7)14/h5-6H,3-4H2,1-2H3. The van der Waals surface area contributed by atoms with Crippen LogP contribution >= 0.6 is 43.2 Å². The number of ketones is 1. The zero-order valence-electron chi connectivity index (χ0n) is 8.64. The first kappa shape index (κ1) is 11.8. The molecule has 0 fully saturated rings. The van der Waals surface area contributed by atoms with Crippen LogP contribution in [0.15, 0.2) is 6.07 Å². The van der Waals surface area contributed by atoms with Crippen LogP contribution in [0.2, 0.25) is 0 Å². The molecule has 82 valence electrons. The zero-order chi connectivity index (χ0) is 11.2. The highest BCUT2D eigenvalue weighted by Crippen LogP contribution is 2.43. The molecule has 1 aliphatic rings. The van der Waals surface area contributed by atoms with E-state index in [-0.39, 0.29) is 5.78 Å². The van der Waals surface area contributed by atoms with Crippen LogP contribution in [0.1, 0.15) is 46.3 Å². The number of fused-ring (bicyclic) bond motifs is 1. The summed E-state index contributed by atoms with van der Waals surface area (Å²) >= 11 is 8.68. The molecule has 2 rings (SSSR count). The molecule has 0 atom stereocenters. The second-order valence-corrected chi connectivity index (χ2v) is 9.11. The maximum atomic E-state index is 12.1. The molecule has 0 unspecified atom stereocenters. The number of hydrogen-bond donors (Lipinski definition) is 0. The molecule has 0 amide bonds. The minimum atomic E-state index is -0.525. The molecule has 0 N–H and O–H groups in total. The van der Waals surface area contributed by atoms with Crippen LogP contribution in [-0.2, 0) is 6.42 Å². The lowest BCUT2D eigenvalue weighted by Crippen LogP contribution is -2.29. The number of aryl methyl sites for hydroxylation is 1. The molecule has 1 aromatic rings. The average Bonchev–Trinajstić information content (AvgIpc) is 2.56. The molecule has 1 heterocycles. The highest BCUT2D eigenvalue weighted by Gasteiger charge is 2.39. The molecule has 1 aromatic heterocycles. The second-order valence-electron chi connectivity index (χ2n) is 4.17. The van der Waals surface area contributed by atoms with Gasteiger partial charge in [-0.25, -0.2) is 0 Å². The van der Waals surface area contributed by atoms with Crippen LogP contribution in [-0.4, -0.2) is 9.02 Å². The van der Waals surface area contributed by atoms with Gasteiger partial charge >= 0.3 is 0 Å². The smallest absolute Gasteiger partial charge is 0.191 e. The molecule has 4 heteroatoms. The second kappa shape index (κ2) is 3.97. The predicted octanol–water partition coefficient (Wildman–Crippen LogP) is 4.49. The van der Waals surface area contributed by atoms with E-state index in [2.05, 4.69) is 51.8 Å². The lowest BCUT2D eigenvalue weighted by atomic mass is 9.97. The van der Waals surface area contributed by atoms with Gasteiger partial charge in [0.05, 0.1) is 0 Å². The van der Waals surface area contributed by atoms with Crippen LogP contribution in [0.25, 0.3) is 0 Å². The van der Waals surface area contributed by atoms with E-state index in [0.717, 1.165) is 18.4 Å². The molecule has 0 radical (unpaired) electrons. The van der Waals surface area contributed by atoms with Gasteiger partial charge < -0.3 is 0 Å². The van der Waals surface area contributed by atoms with Crippen molar-refractivity contribution in [1.29, 1.82) is 0 Å². The molecule has 0 spiro atoms. The molecule has 1 nitrogen and oxygen atoms in total. The Morgan fingerprint density at radius 1 is 1.47 bits per heavy atom. The highest BCUT2D eigenvalue weighted by atomic mass is 79.9. The Morgan fingerprint density at radius 3 is 2.73 bits per heavy atom. The summed E-state index contributed by atoms with van der Waals surface area (Å²) in [6, 6.07) is 2.06. The monoisotopic (exact) mass is 350 g/mol.